The van der Waals surface area contributed by atoms with E-state index in [2.05, 4.69) is 15.2 Å². The molecule has 9 nitrogen and oxygen atoms in total. The number of rotatable bonds is 6. The van der Waals surface area contributed by atoms with Gasteiger partial charge in [0.25, 0.3) is 17.4 Å². The summed E-state index contributed by atoms with van der Waals surface area (Å²) in [4.78, 5) is 44.1. The first-order chi connectivity index (χ1) is 20.5. The number of benzene rings is 4. The number of fused-ring (bicyclic) bond motifs is 1. The van der Waals surface area contributed by atoms with Crippen LogP contribution in [0.25, 0.3) is 11.1 Å². The van der Waals surface area contributed by atoms with E-state index in [1.165, 1.54) is 11.0 Å². The molecular formula is C33H21N5O4. The van der Waals surface area contributed by atoms with Crippen LogP contribution < -0.4 is 5.56 Å². The Bertz CT molecular complexity index is 1920. The molecule has 0 aliphatic carbocycles. The molecule has 0 saturated carbocycles. The molecule has 202 valence electrons. The minimum atomic E-state index is -0.779. The highest BCUT2D eigenvalue weighted by atomic mass is 16.3. The zero-order valence-electron chi connectivity index (χ0n) is 21.9. The molecule has 42 heavy (non-hydrogen) atoms. The molecule has 0 fully saturated rings. The number of carbonyl (C=O) groups is 2. The number of azo groups is 1. The highest BCUT2D eigenvalue weighted by Gasteiger charge is 2.42. The quantitative estimate of drug-likeness (QED) is 0.185. The van der Waals surface area contributed by atoms with Crippen LogP contribution in [-0.2, 0) is 0 Å². The fourth-order valence-corrected chi connectivity index (χ4v) is 5.14. The number of aromatic amines is 1. The van der Waals surface area contributed by atoms with Gasteiger partial charge in [-0.05, 0) is 28.8 Å². The van der Waals surface area contributed by atoms with Crippen molar-refractivity contribution >= 4 is 23.2 Å². The molecule has 4 aromatic carbocycles. The van der Waals surface area contributed by atoms with Crippen molar-refractivity contribution in [3.63, 3.8) is 0 Å². The molecule has 0 saturated heterocycles. The largest absolute Gasteiger partial charge is 0.494 e. The maximum absolute atomic E-state index is 14.0. The fraction of sp³-hybridized carbons (Fsp3) is 0.0303. The van der Waals surface area contributed by atoms with Crippen molar-refractivity contribution in [3.05, 3.63) is 147 Å². The van der Waals surface area contributed by atoms with E-state index in [1.807, 2.05) is 66.7 Å². The molecule has 2 heterocycles. The van der Waals surface area contributed by atoms with Crippen LogP contribution in [-0.4, -0.2) is 26.8 Å². The molecule has 6 rings (SSSR count). The second-order valence-corrected chi connectivity index (χ2v) is 9.48. The average molecular weight is 552 g/mol. The number of aromatic hydroxyl groups is 1. The van der Waals surface area contributed by atoms with Gasteiger partial charge in [0.2, 0.25) is 5.88 Å². The van der Waals surface area contributed by atoms with Gasteiger partial charge in [0.05, 0.1) is 22.9 Å². The predicted octanol–water partition coefficient (Wildman–Crippen LogP) is 6.42. The average Bonchev–Trinajstić information content (AvgIpc) is 3.28. The van der Waals surface area contributed by atoms with E-state index in [4.69, 9.17) is 0 Å². The normalized spacial score (nSPS) is 12.6. The van der Waals surface area contributed by atoms with Gasteiger partial charge >= 0.3 is 0 Å². The number of nitriles is 1. The maximum atomic E-state index is 14.0. The first-order valence-corrected chi connectivity index (χ1v) is 13.0. The van der Waals surface area contributed by atoms with Gasteiger partial charge in [-0.1, -0.05) is 97.1 Å². The molecule has 0 spiro atoms. The van der Waals surface area contributed by atoms with Crippen molar-refractivity contribution in [1.82, 2.24) is 9.88 Å². The van der Waals surface area contributed by atoms with Crippen LogP contribution in [0.15, 0.2) is 124 Å². The number of imide groups is 1. The van der Waals surface area contributed by atoms with Crippen LogP contribution in [0.1, 0.15) is 43.4 Å². The van der Waals surface area contributed by atoms with Crippen LogP contribution in [0.2, 0.25) is 0 Å². The molecule has 1 aliphatic rings. The summed E-state index contributed by atoms with van der Waals surface area (Å²) in [6, 6.07) is 33.0. The van der Waals surface area contributed by atoms with Gasteiger partial charge in [-0.25, -0.2) is 0 Å². The predicted molar refractivity (Wildman–Crippen MR) is 155 cm³/mol. The Morgan fingerprint density at radius 2 is 1.31 bits per heavy atom. The van der Waals surface area contributed by atoms with Crippen LogP contribution in [0.3, 0.4) is 0 Å². The highest BCUT2D eigenvalue weighted by Crippen LogP contribution is 2.40. The van der Waals surface area contributed by atoms with Crippen molar-refractivity contribution < 1.29 is 14.7 Å². The van der Waals surface area contributed by atoms with Crippen LogP contribution in [0, 0.1) is 11.3 Å². The van der Waals surface area contributed by atoms with Crippen molar-refractivity contribution in [2.45, 2.75) is 6.04 Å². The number of nitrogens with zero attached hydrogens (tertiary/aromatic N) is 4. The Labute approximate surface area is 239 Å². The van der Waals surface area contributed by atoms with Crippen LogP contribution >= 0.6 is 0 Å². The summed E-state index contributed by atoms with van der Waals surface area (Å²) < 4.78 is 0. The first-order valence-electron chi connectivity index (χ1n) is 13.0. The van der Waals surface area contributed by atoms with E-state index in [1.54, 1.807) is 42.5 Å². The van der Waals surface area contributed by atoms with E-state index in [9.17, 15) is 24.8 Å². The second-order valence-electron chi connectivity index (χ2n) is 9.48. The summed E-state index contributed by atoms with van der Waals surface area (Å²) in [5.74, 6) is -1.63. The number of carbonyl (C=O) groups excluding carboxylic acids is 2. The molecule has 1 aromatic heterocycles. The molecule has 0 bridgehead atoms. The molecule has 9 heteroatoms. The molecule has 2 N–H and O–H groups in total. The van der Waals surface area contributed by atoms with Crippen LogP contribution in [0.4, 0.5) is 11.4 Å². The van der Waals surface area contributed by atoms with E-state index < -0.39 is 29.3 Å². The molecule has 5 aromatic rings. The summed E-state index contributed by atoms with van der Waals surface area (Å²) in [6.45, 7) is 0. The second kappa shape index (κ2) is 10.8. The lowest BCUT2D eigenvalue weighted by atomic mass is 9.97. The van der Waals surface area contributed by atoms with Gasteiger partial charge in [-0.15, -0.1) is 10.2 Å². The third-order valence-electron chi connectivity index (χ3n) is 7.02. The lowest BCUT2D eigenvalue weighted by Crippen LogP contribution is -2.34. The minimum Gasteiger partial charge on any atom is -0.494 e. The molecular weight excluding hydrogens is 530 g/mol. The number of H-pyrrole nitrogens is 1. The summed E-state index contributed by atoms with van der Waals surface area (Å²) in [7, 11) is 0. The summed E-state index contributed by atoms with van der Waals surface area (Å²) in [5, 5.41) is 28.4. The van der Waals surface area contributed by atoms with E-state index in [-0.39, 0.29) is 33.6 Å². The number of hydrogen-bond acceptors (Lipinski definition) is 7. The third kappa shape index (κ3) is 4.43. The summed E-state index contributed by atoms with van der Waals surface area (Å²) >= 11 is 0. The van der Waals surface area contributed by atoms with Crippen molar-refractivity contribution in [1.29, 1.82) is 5.26 Å². The van der Waals surface area contributed by atoms with Gasteiger partial charge < -0.3 is 5.11 Å². The van der Waals surface area contributed by atoms with Gasteiger partial charge in [-0.3, -0.25) is 24.3 Å². The maximum Gasteiger partial charge on any atom is 0.279 e. The Hall–Kier alpha value is -6.14. The molecule has 0 radical (unpaired) electrons. The third-order valence-corrected chi connectivity index (χ3v) is 7.02. The van der Waals surface area contributed by atoms with Gasteiger partial charge in [0.15, 0.2) is 5.69 Å². The monoisotopic (exact) mass is 551 g/mol. The van der Waals surface area contributed by atoms with Crippen molar-refractivity contribution in [3.8, 4) is 23.1 Å². The zero-order chi connectivity index (χ0) is 29.2. The van der Waals surface area contributed by atoms with Gasteiger partial charge in [-0.2, -0.15) is 5.26 Å². The number of nitrogens with one attached hydrogen (secondary N) is 1. The smallest absolute Gasteiger partial charge is 0.279 e. The summed E-state index contributed by atoms with van der Waals surface area (Å²) in [5.41, 5.74) is 1.18. The lowest BCUT2D eigenvalue weighted by Gasteiger charge is -2.27. The zero-order valence-corrected chi connectivity index (χ0v) is 21.9. The standard InChI is InChI=1S/C33H21N5O4/c34-19-24-26(20-11-4-1-5-12-20)28(31(40)35-30(24)39)37-36-25-18-10-17-23-27(25)33(42)38(32(23)41)29(21-13-6-2-7-14-21)22-15-8-3-9-16-22/h1-18,29H,(H2,35,39,40). The van der Waals surface area contributed by atoms with Gasteiger partial charge in [0.1, 0.15) is 11.6 Å². The van der Waals surface area contributed by atoms with E-state index >= 15 is 0 Å². The van der Waals surface area contributed by atoms with Crippen molar-refractivity contribution in [2.75, 3.05) is 0 Å². The Balaban J connectivity index is 1.47. The van der Waals surface area contributed by atoms with E-state index in [0.717, 1.165) is 11.1 Å². The molecule has 2 amide bonds. The number of pyridine rings is 1. The molecule has 1 aliphatic heterocycles. The molecule has 0 unspecified atom stereocenters. The molecule has 0 atom stereocenters. The van der Waals surface area contributed by atoms with Crippen molar-refractivity contribution in [2.24, 2.45) is 10.2 Å². The van der Waals surface area contributed by atoms with Crippen LogP contribution in [0.5, 0.6) is 5.88 Å². The first kappa shape index (κ1) is 26.1. The Kier molecular flexibility index (Phi) is 6.71. The number of amides is 2. The minimum absolute atomic E-state index is 0.0556. The lowest BCUT2D eigenvalue weighted by molar-refractivity contribution is 0.0609. The Morgan fingerprint density at radius 3 is 1.90 bits per heavy atom. The number of aromatic nitrogens is 1. The van der Waals surface area contributed by atoms with Gasteiger partial charge in [0, 0.05) is 5.56 Å². The SMILES string of the molecule is N#Cc1c(O)[nH]c(=O)c(N=Nc2cccc3c2C(=O)N(C(c2ccccc2)c2ccccc2)C3=O)c1-c1ccccc1. The Morgan fingerprint density at radius 1 is 0.714 bits per heavy atom. The fourth-order valence-electron chi connectivity index (χ4n) is 5.14. The highest BCUT2D eigenvalue weighted by molar-refractivity contribution is 6.23. The topological polar surface area (TPSA) is 139 Å². The van der Waals surface area contributed by atoms with E-state index in [0.29, 0.717) is 5.56 Å². The summed E-state index contributed by atoms with van der Waals surface area (Å²) in [6.07, 6.45) is 0. The number of hydrogen-bond donors (Lipinski definition) is 2.